The first kappa shape index (κ1) is 16.2. The van der Waals surface area contributed by atoms with Crippen molar-refractivity contribution in [3.05, 3.63) is 23.8 Å². The minimum atomic E-state index is 0.258. The Bertz CT molecular complexity index is 559. The maximum atomic E-state index is 3.93. The lowest BCUT2D eigenvalue weighted by Gasteiger charge is -2.48. The fraction of sp³-hybridized carbons (Fsp3) is 0.700. The van der Waals surface area contributed by atoms with Crippen molar-refractivity contribution >= 4 is 11.4 Å². The molecular formula is C20H32N4. The van der Waals surface area contributed by atoms with Gasteiger partial charge in [0.15, 0.2) is 0 Å². The molecule has 1 aromatic rings. The van der Waals surface area contributed by atoms with Crippen LogP contribution in [0.1, 0.15) is 37.7 Å². The van der Waals surface area contributed by atoms with E-state index in [0.29, 0.717) is 0 Å². The van der Waals surface area contributed by atoms with Gasteiger partial charge in [-0.05, 0) is 76.5 Å². The highest BCUT2D eigenvalue weighted by Crippen LogP contribution is 2.38. The monoisotopic (exact) mass is 328 g/mol. The SMILES string of the molecule is Cc1ccc2c(c1)NC1(CCNCC1)CN2CCN1CCCCC1. The van der Waals surface area contributed by atoms with E-state index in [1.54, 1.807) is 0 Å². The first-order valence-electron chi connectivity index (χ1n) is 9.81. The predicted molar refractivity (Wildman–Crippen MR) is 102 cm³/mol. The van der Waals surface area contributed by atoms with Gasteiger partial charge in [0, 0.05) is 19.6 Å². The molecule has 1 aromatic carbocycles. The zero-order valence-electron chi connectivity index (χ0n) is 15.1. The van der Waals surface area contributed by atoms with E-state index in [0.717, 1.165) is 26.2 Å². The molecule has 0 aromatic heterocycles. The molecule has 0 bridgehead atoms. The summed E-state index contributed by atoms with van der Waals surface area (Å²) >= 11 is 0. The molecule has 0 saturated carbocycles. The average molecular weight is 329 g/mol. The van der Waals surface area contributed by atoms with E-state index in [9.17, 15) is 0 Å². The molecule has 24 heavy (non-hydrogen) atoms. The normalized spacial score (nSPS) is 23.8. The van der Waals surface area contributed by atoms with E-state index in [4.69, 9.17) is 0 Å². The van der Waals surface area contributed by atoms with Gasteiger partial charge in [0.2, 0.25) is 0 Å². The maximum Gasteiger partial charge on any atom is 0.0603 e. The summed E-state index contributed by atoms with van der Waals surface area (Å²) in [5.41, 5.74) is 4.36. The minimum absolute atomic E-state index is 0.258. The molecule has 132 valence electrons. The molecule has 1 spiro atoms. The van der Waals surface area contributed by atoms with Crippen LogP contribution in [0.4, 0.5) is 11.4 Å². The standard InChI is InChI=1S/C20H32N4/c1-17-5-6-19-18(15-17)22-20(7-9-21-10-8-20)16-24(19)14-13-23-11-3-2-4-12-23/h5-6,15,21-22H,2-4,7-14,16H2,1H3. The van der Waals surface area contributed by atoms with Gasteiger partial charge in [0.25, 0.3) is 0 Å². The number of aryl methyl sites for hydroxylation is 1. The van der Waals surface area contributed by atoms with Crippen LogP contribution in [0, 0.1) is 6.92 Å². The molecule has 4 nitrogen and oxygen atoms in total. The number of nitrogens with one attached hydrogen (secondary N) is 2. The summed E-state index contributed by atoms with van der Waals surface area (Å²) in [4.78, 5) is 5.32. The third-order valence-corrected chi connectivity index (χ3v) is 6.08. The first-order valence-corrected chi connectivity index (χ1v) is 9.81. The number of piperidine rings is 2. The average Bonchev–Trinajstić information content (AvgIpc) is 2.61. The number of likely N-dealkylation sites (tertiary alicyclic amines) is 1. The van der Waals surface area contributed by atoms with Crippen LogP contribution in [-0.4, -0.2) is 56.3 Å². The summed E-state index contributed by atoms with van der Waals surface area (Å²) in [7, 11) is 0. The molecule has 2 N–H and O–H groups in total. The Morgan fingerprint density at radius 3 is 2.62 bits per heavy atom. The number of hydrogen-bond acceptors (Lipinski definition) is 4. The lowest BCUT2D eigenvalue weighted by Crippen LogP contribution is -2.58. The first-order chi connectivity index (χ1) is 11.7. The molecule has 3 aliphatic heterocycles. The molecule has 0 aliphatic carbocycles. The molecule has 0 radical (unpaired) electrons. The van der Waals surface area contributed by atoms with Crippen LogP contribution in [0.5, 0.6) is 0 Å². The largest absolute Gasteiger partial charge is 0.376 e. The van der Waals surface area contributed by atoms with Crippen molar-refractivity contribution in [1.29, 1.82) is 0 Å². The second-order valence-electron chi connectivity index (χ2n) is 8.00. The summed E-state index contributed by atoms with van der Waals surface area (Å²) in [5, 5.41) is 7.45. The Morgan fingerprint density at radius 1 is 1.04 bits per heavy atom. The van der Waals surface area contributed by atoms with Crippen molar-refractivity contribution in [2.75, 3.05) is 56.0 Å². The van der Waals surface area contributed by atoms with Crippen molar-refractivity contribution < 1.29 is 0 Å². The minimum Gasteiger partial charge on any atom is -0.376 e. The molecule has 4 heteroatoms. The van der Waals surface area contributed by atoms with Gasteiger partial charge in [-0.3, -0.25) is 0 Å². The number of rotatable bonds is 3. The number of fused-ring (bicyclic) bond motifs is 1. The van der Waals surface area contributed by atoms with Crippen LogP contribution in [0.25, 0.3) is 0 Å². The molecule has 3 aliphatic rings. The van der Waals surface area contributed by atoms with Gasteiger partial charge in [-0.1, -0.05) is 12.5 Å². The van der Waals surface area contributed by atoms with Crippen LogP contribution in [0.3, 0.4) is 0 Å². The van der Waals surface area contributed by atoms with Crippen LogP contribution in [0.15, 0.2) is 18.2 Å². The van der Waals surface area contributed by atoms with Crippen molar-refractivity contribution in [3.63, 3.8) is 0 Å². The van der Waals surface area contributed by atoms with E-state index in [-0.39, 0.29) is 5.54 Å². The van der Waals surface area contributed by atoms with Gasteiger partial charge in [0.05, 0.1) is 16.9 Å². The van der Waals surface area contributed by atoms with E-state index in [1.807, 2.05) is 0 Å². The quantitative estimate of drug-likeness (QED) is 0.893. The number of anilines is 2. The van der Waals surface area contributed by atoms with E-state index in [1.165, 1.54) is 68.7 Å². The summed E-state index contributed by atoms with van der Waals surface area (Å²) < 4.78 is 0. The summed E-state index contributed by atoms with van der Waals surface area (Å²) in [6.07, 6.45) is 6.63. The van der Waals surface area contributed by atoms with Crippen molar-refractivity contribution in [1.82, 2.24) is 10.2 Å². The van der Waals surface area contributed by atoms with Crippen LogP contribution >= 0.6 is 0 Å². The van der Waals surface area contributed by atoms with E-state index < -0.39 is 0 Å². The van der Waals surface area contributed by atoms with E-state index >= 15 is 0 Å². The number of hydrogen-bond donors (Lipinski definition) is 2. The second-order valence-corrected chi connectivity index (χ2v) is 8.00. The molecule has 4 rings (SSSR count). The molecule has 2 saturated heterocycles. The molecule has 3 heterocycles. The Morgan fingerprint density at radius 2 is 1.83 bits per heavy atom. The Kier molecular flexibility index (Phi) is 4.68. The molecular weight excluding hydrogens is 296 g/mol. The van der Waals surface area contributed by atoms with Crippen LogP contribution in [-0.2, 0) is 0 Å². The molecule has 0 amide bonds. The second kappa shape index (κ2) is 6.93. The molecule has 2 fully saturated rings. The van der Waals surface area contributed by atoms with Crippen molar-refractivity contribution in [3.8, 4) is 0 Å². The fourth-order valence-corrected chi connectivity index (χ4v) is 4.63. The Labute approximate surface area is 146 Å². The zero-order chi connectivity index (χ0) is 16.4. The van der Waals surface area contributed by atoms with Gasteiger partial charge in [0.1, 0.15) is 0 Å². The summed E-state index contributed by atoms with van der Waals surface area (Å²) in [6, 6.07) is 6.92. The fourth-order valence-electron chi connectivity index (χ4n) is 4.63. The van der Waals surface area contributed by atoms with Gasteiger partial charge < -0.3 is 20.4 Å². The van der Waals surface area contributed by atoms with Crippen molar-refractivity contribution in [2.45, 2.75) is 44.6 Å². The zero-order valence-corrected chi connectivity index (χ0v) is 15.1. The number of benzene rings is 1. The smallest absolute Gasteiger partial charge is 0.0603 e. The van der Waals surface area contributed by atoms with Crippen LogP contribution < -0.4 is 15.5 Å². The Hall–Kier alpha value is -1.26. The molecule has 0 unspecified atom stereocenters. The predicted octanol–water partition coefficient (Wildman–Crippen LogP) is 2.84. The highest BCUT2D eigenvalue weighted by Gasteiger charge is 2.38. The highest BCUT2D eigenvalue weighted by molar-refractivity contribution is 5.74. The highest BCUT2D eigenvalue weighted by atomic mass is 15.3. The van der Waals surface area contributed by atoms with Crippen molar-refractivity contribution in [2.24, 2.45) is 0 Å². The third-order valence-electron chi connectivity index (χ3n) is 6.08. The summed E-state index contributed by atoms with van der Waals surface area (Å²) in [6.45, 7) is 10.6. The summed E-state index contributed by atoms with van der Waals surface area (Å²) in [5.74, 6) is 0. The molecule has 0 atom stereocenters. The lowest BCUT2D eigenvalue weighted by molar-refractivity contribution is 0.230. The third kappa shape index (κ3) is 3.40. The number of nitrogens with zero attached hydrogens (tertiary/aromatic N) is 2. The lowest BCUT2D eigenvalue weighted by atomic mass is 9.85. The van der Waals surface area contributed by atoms with Gasteiger partial charge in [-0.2, -0.15) is 0 Å². The maximum absolute atomic E-state index is 3.93. The van der Waals surface area contributed by atoms with Gasteiger partial charge in [-0.15, -0.1) is 0 Å². The van der Waals surface area contributed by atoms with E-state index in [2.05, 4.69) is 45.6 Å². The van der Waals surface area contributed by atoms with Gasteiger partial charge >= 0.3 is 0 Å². The topological polar surface area (TPSA) is 30.5 Å². The van der Waals surface area contributed by atoms with Gasteiger partial charge in [-0.25, -0.2) is 0 Å². The van der Waals surface area contributed by atoms with Crippen LogP contribution in [0.2, 0.25) is 0 Å². The Balaban J connectivity index is 1.52.